The Morgan fingerprint density at radius 1 is 1.33 bits per heavy atom. The van der Waals surface area contributed by atoms with E-state index in [1.807, 2.05) is 26.0 Å². The van der Waals surface area contributed by atoms with Crippen molar-refractivity contribution >= 4 is 29.9 Å². The Hall–Kier alpha value is -1.24. The van der Waals surface area contributed by atoms with Crippen LogP contribution in [0, 0.1) is 6.92 Å². The van der Waals surface area contributed by atoms with Gasteiger partial charge in [0, 0.05) is 13.1 Å². The van der Waals surface area contributed by atoms with Crippen LogP contribution < -0.4 is 15.4 Å². The van der Waals surface area contributed by atoms with Gasteiger partial charge >= 0.3 is 0 Å². The Morgan fingerprint density at radius 2 is 2.10 bits per heavy atom. The lowest BCUT2D eigenvalue weighted by Gasteiger charge is -2.10. The first-order valence-electron chi connectivity index (χ1n) is 7.06. The van der Waals surface area contributed by atoms with Gasteiger partial charge in [-0.3, -0.25) is 0 Å². The third-order valence-electron chi connectivity index (χ3n) is 2.72. The van der Waals surface area contributed by atoms with Crippen LogP contribution in [-0.4, -0.2) is 25.7 Å². The Bertz CT molecular complexity index is 461. The van der Waals surface area contributed by atoms with Gasteiger partial charge in [-0.25, -0.2) is 4.99 Å². The lowest BCUT2D eigenvalue weighted by Crippen LogP contribution is -2.37. The van der Waals surface area contributed by atoms with E-state index in [1.165, 1.54) is 5.56 Å². The van der Waals surface area contributed by atoms with Gasteiger partial charge in [-0.15, -0.1) is 30.6 Å². The predicted octanol–water partition coefficient (Wildman–Crippen LogP) is 3.25. The smallest absolute Gasteiger partial charge is 0.191 e. The Labute approximate surface area is 145 Å². The van der Waals surface area contributed by atoms with Crippen molar-refractivity contribution in [3.05, 3.63) is 42.0 Å². The zero-order valence-electron chi connectivity index (χ0n) is 13.1. The maximum atomic E-state index is 5.54. The van der Waals surface area contributed by atoms with Gasteiger partial charge in [0.1, 0.15) is 5.75 Å². The molecule has 0 heterocycles. The fourth-order valence-corrected chi connectivity index (χ4v) is 1.81. The number of ether oxygens (including phenoxy) is 1. The van der Waals surface area contributed by atoms with Crippen molar-refractivity contribution in [2.45, 2.75) is 27.3 Å². The second-order valence-electron chi connectivity index (χ2n) is 4.40. The van der Waals surface area contributed by atoms with Crippen LogP contribution >= 0.6 is 24.0 Å². The van der Waals surface area contributed by atoms with E-state index in [-0.39, 0.29) is 24.0 Å². The van der Waals surface area contributed by atoms with Crippen molar-refractivity contribution < 1.29 is 4.74 Å². The van der Waals surface area contributed by atoms with Gasteiger partial charge in [0.2, 0.25) is 0 Å². The van der Waals surface area contributed by atoms with E-state index in [1.54, 1.807) is 0 Å². The molecule has 0 fully saturated rings. The van der Waals surface area contributed by atoms with E-state index in [9.17, 15) is 0 Å². The molecule has 0 amide bonds. The number of aliphatic imine (C=N–C) groups is 1. The molecule has 0 unspecified atom stereocenters. The van der Waals surface area contributed by atoms with Crippen LogP contribution in [0.15, 0.2) is 35.8 Å². The second kappa shape index (κ2) is 11.4. The SMILES string of the molecule is C=CCNC(=NCc1ccc(OCC)c(C)c1)NCC.I. The normalized spacial score (nSPS) is 10.5. The highest BCUT2D eigenvalue weighted by Crippen LogP contribution is 2.19. The van der Waals surface area contributed by atoms with Gasteiger partial charge in [0.05, 0.1) is 13.2 Å². The molecule has 0 aliphatic heterocycles. The van der Waals surface area contributed by atoms with Crippen LogP contribution in [0.3, 0.4) is 0 Å². The van der Waals surface area contributed by atoms with E-state index in [0.29, 0.717) is 19.7 Å². The van der Waals surface area contributed by atoms with Crippen LogP contribution in [0.2, 0.25) is 0 Å². The largest absolute Gasteiger partial charge is 0.494 e. The number of aryl methyl sites for hydroxylation is 1. The molecule has 2 N–H and O–H groups in total. The number of benzene rings is 1. The summed E-state index contributed by atoms with van der Waals surface area (Å²) in [4.78, 5) is 4.54. The van der Waals surface area contributed by atoms with Crippen molar-refractivity contribution in [3.63, 3.8) is 0 Å². The molecular weight excluding hydrogens is 377 g/mol. The summed E-state index contributed by atoms with van der Waals surface area (Å²) in [6.45, 7) is 12.7. The van der Waals surface area contributed by atoms with E-state index in [0.717, 1.165) is 23.8 Å². The van der Waals surface area contributed by atoms with Crippen LogP contribution in [-0.2, 0) is 6.54 Å². The van der Waals surface area contributed by atoms with Gasteiger partial charge < -0.3 is 15.4 Å². The summed E-state index contributed by atoms with van der Waals surface area (Å²) in [7, 11) is 0. The maximum absolute atomic E-state index is 5.54. The van der Waals surface area contributed by atoms with Crippen LogP contribution in [0.1, 0.15) is 25.0 Å². The van der Waals surface area contributed by atoms with E-state index in [4.69, 9.17) is 4.74 Å². The number of halogens is 1. The molecule has 0 atom stereocenters. The van der Waals surface area contributed by atoms with Gasteiger partial charge in [-0.2, -0.15) is 0 Å². The molecule has 0 radical (unpaired) electrons. The molecule has 1 aromatic rings. The highest BCUT2D eigenvalue weighted by Gasteiger charge is 2.01. The average Bonchev–Trinajstić information content (AvgIpc) is 2.45. The van der Waals surface area contributed by atoms with E-state index in [2.05, 4.69) is 41.3 Å². The van der Waals surface area contributed by atoms with Gasteiger partial charge in [-0.1, -0.05) is 18.2 Å². The molecule has 118 valence electrons. The Kier molecular flexibility index (Phi) is 10.7. The molecule has 0 aromatic heterocycles. The topological polar surface area (TPSA) is 45.7 Å². The highest BCUT2D eigenvalue weighted by atomic mass is 127. The quantitative estimate of drug-likeness (QED) is 0.318. The minimum atomic E-state index is 0. The number of rotatable bonds is 7. The minimum absolute atomic E-state index is 0. The number of nitrogens with zero attached hydrogens (tertiary/aromatic N) is 1. The summed E-state index contributed by atoms with van der Waals surface area (Å²) in [5.74, 6) is 1.75. The van der Waals surface area contributed by atoms with Crippen molar-refractivity contribution in [1.29, 1.82) is 0 Å². The number of nitrogens with one attached hydrogen (secondary N) is 2. The molecule has 1 aromatic carbocycles. The minimum Gasteiger partial charge on any atom is -0.494 e. The van der Waals surface area contributed by atoms with Gasteiger partial charge in [-0.05, 0) is 38.0 Å². The highest BCUT2D eigenvalue weighted by molar-refractivity contribution is 14.0. The molecule has 0 bridgehead atoms. The van der Waals surface area contributed by atoms with Crippen LogP contribution in [0.25, 0.3) is 0 Å². The molecule has 1 rings (SSSR count). The first kappa shape index (κ1) is 19.8. The number of hydrogen-bond donors (Lipinski definition) is 2. The molecule has 0 spiro atoms. The zero-order valence-corrected chi connectivity index (χ0v) is 15.4. The molecule has 21 heavy (non-hydrogen) atoms. The molecule has 0 aliphatic rings. The molecule has 0 aliphatic carbocycles. The summed E-state index contributed by atoms with van der Waals surface area (Å²) in [6, 6.07) is 6.18. The summed E-state index contributed by atoms with van der Waals surface area (Å²) >= 11 is 0. The maximum Gasteiger partial charge on any atom is 0.191 e. The third kappa shape index (κ3) is 7.36. The van der Waals surface area contributed by atoms with Crippen molar-refractivity contribution in [2.75, 3.05) is 19.7 Å². The molecule has 0 saturated heterocycles. The zero-order chi connectivity index (χ0) is 14.8. The monoisotopic (exact) mass is 403 g/mol. The average molecular weight is 403 g/mol. The van der Waals surface area contributed by atoms with Crippen molar-refractivity contribution in [1.82, 2.24) is 10.6 Å². The fraction of sp³-hybridized carbons (Fsp3) is 0.438. The van der Waals surface area contributed by atoms with Crippen LogP contribution in [0.5, 0.6) is 5.75 Å². The lowest BCUT2D eigenvalue weighted by atomic mass is 10.1. The van der Waals surface area contributed by atoms with Gasteiger partial charge in [0.25, 0.3) is 0 Å². The Balaban J connectivity index is 0.00000400. The summed E-state index contributed by atoms with van der Waals surface area (Å²) in [5, 5.41) is 6.38. The summed E-state index contributed by atoms with van der Waals surface area (Å²) < 4.78 is 5.54. The Morgan fingerprint density at radius 3 is 2.67 bits per heavy atom. The van der Waals surface area contributed by atoms with E-state index < -0.39 is 0 Å². The number of guanidine groups is 1. The van der Waals surface area contributed by atoms with Gasteiger partial charge in [0.15, 0.2) is 5.96 Å². The molecule has 0 saturated carbocycles. The molecular formula is C16H26IN3O. The third-order valence-corrected chi connectivity index (χ3v) is 2.72. The first-order chi connectivity index (χ1) is 9.71. The predicted molar refractivity (Wildman–Crippen MR) is 101 cm³/mol. The van der Waals surface area contributed by atoms with Crippen LogP contribution in [0.4, 0.5) is 0 Å². The molecule has 5 heteroatoms. The van der Waals surface area contributed by atoms with Crippen molar-refractivity contribution in [3.8, 4) is 5.75 Å². The second-order valence-corrected chi connectivity index (χ2v) is 4.40. The fourth-order valence-electron chi connectivity index (χ4n) is 1.81. The van der Waals surface area contributed by atoms with E-state index >= 15 is 0 Å². The molecule has 4 nitrogen and oxygen atoms in total. The first-order valence-corrected chi connectivity index (χ1v) is 7.06. The van der Waals surface area contributed by atoms with Crippen molar-refractivity contribution in [2.24, 2.45) is 4.99 Å². The summed E-state index contributed by atoms with van der Waals surface area (Å²) in [5.41, 5.74) is 2.31. The number of hydrogen-bond acceptors (Lipinski definition) is 2. The lowest BCUT2D eigenvalue weighted by molar-refractivity contribution is 0.338. The summed E-state index contributed by atoms with van der Waals surface area (Å²) in [6.07, 6.45) is 1.81. The standard InChI is InChI=1S/C16H25N3O.HI/c1-5-10-18-16(17-6-2)19-12-14-8-9-15(20-7-3)13(4)11-14;/h5,8-9,11H,1,6-7,10,12H2,2-4H3,(H2,17,18,19);1H.